The van der Waals surface area contributed by atoms with Gasteiger partial charge in [0.15, 0.2) is 6.29 Å². The van der Waals surface area contributed by atoms with E-state index in [1.165, 1.54) is 257 Å². The van der Waals surface area contributed by atoms with Crippen molar-refractivity contribution < 1.29 is 49.3 Å². The molecule has 0 spiro atoms. The molecule has 1 heterocycles. The van der Waals surface area contributed by atoms with Crippen LogP contribution in [-0.2, 0) is 23.8 Å². The Labute approximate surface area is 541 Å². The number of aliphatic hydroxyl groups excluding tert-OH is 5. The van der Waals surface area contributed by atoms with Gasteiger partial charge in [0, 0.05) is 12.8 Å². The van der Waals surface area contributed by atoms with Crippen LogP contribution >= 0.6 is 0 Å². The van der Waals surface area contributed by atoms with Crippen molar-refractivity contribution in [1.29, 1.82) is 0 Å². The molecule has 88 heavy (non-hydrogen) atoms. The Morgan fingerprint density at radius 1 is 0.432 bits per heavy atom. The van der Waals surface area contributed by atoms with E-state index < -0.39 is 49.5 Å². The molecule has 0 bridgehead atoms. The quantitative estimate of drug-likeness (QED) is 0.0195. The summed E-state index contributed by atoms with van der Waals surface area (Å²) in [6.07, 6.45) is 78.4. The Morgan fingerprint density at radius 3 is 1.24 bits per heavy atom. The van der Waals surface area contributed by atoms with Gasteiger partial charge >= 0.3 is 5.97 Å². The maximum Gasteiger partial charge on any atom is 0.305 e. The molecular weight excluding hydrogens is 1100 g/mol. The van der Waals surface area contributed by atoms with Crippen molar-refractivity contribution >= 4 is 11.9 Å². The van der Waals surface area contributed by atoms with E-state index in [1.54, 1.807) is 6.08 Å². The molecule has 1 saturated heterocycles. The van der Waals surface area contributed by atoms with E-state index in [-0.39, 0.29) is 18.5 Å². The first-order chi connectivity index (χ1) is 43.2. The molecule has 0 aromatic carbocycles. The van der Waals surface area contributed by atoms with E-state index in [0.29, 0.717) is 19.4 Å². The lowest BCUT2D eigenvalue weighted by molar-refractivity contribution is -0.302. The zero-order valence-electron chi connectivity index (χ0n) is 57.2. The van der Waals surface area contributed by atoms with Crippen LogP contribution in [0.1, 0.15) is 354 Å². The van der Waals surface area contributed by atoms with Gasteiger partial charge in [-0.25, -0.2) is 0 Å². The summed E-state index contributed by atoms with van der Waals surface area (Å²) in [6, 6.07) is -0.832. The minimum absolute atomic E-state index is 0.0140. The summed E-state index contributed by atoms with van der Waals surface area (Å²) in [5.74, 6) is -0.181. The van der Waals surface area contributed by atoms with E-state index in [0.717, 1.165) is 70.6 Å². The summed E-state index contributed by atoms with van der Waals surface area (Å²) in [6.45, 7) is 4.23. The van der Waals surface area contributed by atoms with Crippen LogP contribution in [0.2, 0.25) is 0 Å². The van der Waals surface area contributed by atoms with Crippen molar-refractivity contribution in [1.82, 2.24) is 5.32 Å². The molecule has 11 heteroatoms. The van der Waals surface area contributed by atoms with Crippen molar-refractivity contribution in [3.63, 3.8) is 0 Å². The van der Waals surface area contributed by atoms with Gasteiger partial charge < -0.3 is 45.1 Å². The average molecular weight is 1240 g/mol. The Hall–Kier alpha value is -2.64. The number of aliphatic hydroxyl groups is 5. The fourth-order valence-electron chi connectivity index (χ4n) is 11.7. The number of ether oxygens (including phenoxy) is 3. The van der Waals surface area contributed by atoms with Crippen LogP contribution in [0, 0.1) is 0 Å². The highest BCUT2D eigenvalue weighted by Crippen LogP contribution is 2.23. The number of nitrogens with one attached hydrogen (secondary N) is 1. The van der Waals surface area contributed by atoms with E-state index in [1.807, 2.05) is 6.08 Å². The number of hydrogen-bond donors (Lipinski definition) is 6. The molecule has 1 fully saturated rings. The zero-order valence-corrected chi connectivity index (χ0v) is 57.2. The highest BCUT2D eigenvalue weighted by Gasteiger charge is 2.44. The van der Waals surface area contributed by atoms with Gasteiger partial charge in [-0.05, 0) is 83.5 Å². The maximum atomic E-state index is 13.0. The van der Waals surface area contributed by atoms with Crippen molar-refractivity contribution in [3.8, 4) is 0 Å². The summed E-state index contributed by atoms with van der Waals surface area (Å²) in [4.78, 5) is 25.0. The molecule has 1 rings (SSSR count). The zero-order chi connectivity index (χ0) is 63.7. The number of esters is 1. The van der Waals surface area contributed by atoms with Gasteiger partial charge in [0.25, 0.3) is 0 Å². The number of rotatable bonds is 66. The van der Waals surface area contributed by atoms with E-state index in [9.17, 15) is 35.1 Å². The lowest BCUT2D eigenvalue weighted by atomic mass is 9.99. The summed E-state index contributed by atoms with van der Waals surface area (Å²) in [5.41, 5.74) is 0. The van der Waals surface area contributed by atoms with Gasteiger partial charge in [0.2, 0.25) is 5.91 Å². The van der Waals surface area contributed by atoms with Gasteiger partial charge in [-0.2, -0.15) is 0 Å². The predicted octanol–water partition coefficient (Wildman–Crippen LogP) is 19.7. The topological polar surface area (TPSA) is 175 Å². The molecule has 1 amide bonds. The predicted molar refractivity (Wildman–Crippen MR) is 370 cm³/mol. The molecule has 0 aliphatic carbocycles. The first-order valence-corrected chi connectivity index (χ1v) is 37.6. The van der Waals surface area contributed by atoms with Crippen molar-refractivity contribution in [2.45, 2.75) is 397 Å². The molecule has 1 aliphatic rings. The molecule has 6 N–H and O–H groups in total. The standard InChI is InChI=1S/C77H141NO10/c1-3-5-7-9-11-13-44-49-53-57-61-65-73(82)86-66-62-58-54-50-46-43-41-39-37-35-33-31-29-27-25-23-21-19-17-15-16-18-20-22-24-26-28-30-32-34-36-38-40-42-45-48-52-56-60-64-72(81)78-69(68-87-77-76(85)75(84)74(83)71(67-79)88-77)70(80)63-59-55-51-47-14-12-10-8-6-4-2/h6,8,14-16,19,21,47,59,63,69-71,74-77,79-80,83-85H,3-5,7,9-13,17-18,20,22-46,48-58,60-62,64-68H2,1-2H3,(H,78,81)/b8-6+,16-15-,21-19-,47-14+,63-59+. The molecule has 7 unspecified atom stereocenters. The average Bonchev–Trinajstić information content (AvgIpc) is 3.12. The summed E-state index contributed by atoms with van der Waals surface area (Å²) >= 11 is 0. The van der Waals surface area contributed by atoms with Crippen LogP contribution in [0.3, 0.4) is 0 Å². The minimum atomic E-state index is -1.58. The molecule has 0 aromatic heterocycles. The maximum absolute atomic E-state index is 13.0. The van der Waals surface area contributed by atoms with Crippen molar-refractivity contribution in [3.05, 3.63) is 60.8 Å². The number of unbranched alkanes of at least 4 members (excludes halogenated alkanes) is 44. The second kappa shape index (κ2) is 65.8. The first kappa shape index (κ1) is 83.4. The Balaban J connectivity index is 1.90. The molecule has 514 valence electrons. The molecule has 0 aromatic rings. The largest absolute Gasteiger partial charge is 0.466 e. The second-order valence-electron chi connectivity index (χ2n) is 26.0. The molecule has 11 nitrogen and oxygen atoms in total. The number of amides is 1. The third-order valence-corrected chi connectivity index (χ3v) is 17.6. The number of carbonyl (C=O) groups excluding carboxylic acids is 2. The summed E-state index contributed by atoms with van der Waals surface area (Å²) < 4.78 is 16.7. The Bertz CT molecular complexity index is 1650. The van der Waals surface area contributed by atoms with Gasteiger partial charge in [-0.1, -0.05) is 319 Å². The Kier molecular flexibility index (Phi) is 62.4. The molecule has 7 atom stereocenters. The van der Waals surface area contributed by atoms with Gasteiger partial charge in [-0.3, -0.25) is 9.59 Å². The van der Waals surface area contributed by atoms with Crippen LogP contribution in [0.4, 0.5) is 0 Å². The van der Waals surface area contributed by atoms with Crippen molar-refractivity contribution in [2.24, 2.45) is 0 Å². The first-order valence-electron chi connectivity index (χ1n) is 37.6. The molecule has 0 saturated carbocycles. The van der Waals surface area contributed by atoms with Gasteiger partial charge in [0.05, 0.1) is 32.0 Å². The smallest absolute Gasteiger partial charge is 0.305 e. The second-order valence-corrected chi connectivity index (χ2v) is 26.0. The van der Waals surface area contributed by atoms with Crippen molar-refractivity contribution in [2.75, 3.05) is 19.8 Å². The Morgan fingerprint density at radius 2 is 0.807 bits per heavy atom. The number of allylic oxidation sites excluding steroid dienone is 9. The van der Waals surface area contributed by atoms with E-state index >= 15 is 0 Å². The highest BCUT2D eigenvalue weighted by molar-refractivity contribution is 5.76. The van der Waals surface area contributed by atoms with E-state index in [4.69, 9.17) is 14.2 Å². The van der Waals surface area contributed by atoms with Crippen LogP contribution in [-0.4, -0.2) is 100 Å². The fraction of sp³-hybridized carbons (Fsp3) is 0.844. The van der Waals surface area contributed by atoms with Crippen LogP contribution in [0.25, 0.3) is 0 Å². The number of carbonyl (C=O) groups is 2. The third kappa shape index (κ3) is 54.0. The van der Waals surface area contributed by atoms with Gasteiger partial charge in [0.1, 0.15) is 24.4 Å². The highest BCUT2D eigenvalue weighted by atomic mass is 16.7. The molecule has 0 radical (unpaired) electrons. The monoisotopic (exact) mass is 1240 g/mol. The minimum Gasteiger partial charge on any atom is -0.466 e. The molecule has 1 aliphatic heterocycles. The van der Waals surface area contributed by atoms with Gasteiger partial charge in [-0.15, -0.1) is 0 Å². The normalized spacial score (nSPS) is 18.1. The fourth-order valence-corrected chi connectivity index (χ4v) is 11.7. The number of hydrogen-bond acceptors (Lipinski definition) is 10. The SMILES string of the molecule is CC/C=C/CC/C=C/CC/C=C/C(O)C(COC1OC(CO)C(O)C(O)C1O)NC(=O)CCCCCCCCCCCCCCCCCCC/C=C\C/C=C\CCCCCCCCCCCCCCCCCOC(=O)CCCCCCCCCCCCC. The summed E-state index contributed by atoms with van der Waals surface area (Å²) in [7, 11) is 0. The van der Waals surface area contributed by atoms with Crippen LogP contribution in [0.5, 0.6) is 0 Å². The molecular formula is C77H141NO10. The van der Waals surface area contributed by atoms with Crippen LogP contribution < -0.4 is 5.32 Å². The van der Waals surface area contributed by atoms with Crippen LogP contribution in [0.15, 0.2) is 60.8 Å². The third-order valence-electron chi connectivity index (χ3n) is 17.6. The lowest BCUT2D eigenvalue weighted by Crippen LogP contribution is -2.60. The lowest BCUT2D eigenvalue weighted by Gasteiger charge is -2.40. The summed E-state index contributed by atoms with van der Waals surface area (Å²) in [5, 5.41) is 54.3. The van der Waals surface area contributed by atoms with E-state index in [2.05, 4.69) is 67.8 Å².